The Morgan fingerprint density at radius 2 is 1.78 bits per heavy atom. The maximum atomic E-state index is 13.0. The Balaban J connectivity index is 1.85. The van der Waals surface area contributed by atoms with Gasteiger partial charge in [0.05, 0.1) is 27.4 Å². The summed E-state index contributed by atoms with van der Waals surface area (Å²) < 4.78 is 27.7. The minimum atomic E-state index is -0.793. The van der Waals surface area contributed by atoms with Crippen molar-refractivity contribution >= 4 is 11.6 Å². The van der Waals surface area contributed by atoms with E-state index in [1.54, 1.807) is 56.6 Å². The van der Waals surface area contributed by atoms with Crippen LogP contribution in [0.2, 0.25) is 0 Å². The highest BCUT2D eigenvalue weighted by atomic mass is 16.5. The van der Waals surface area contributed by atoms with E-state index in [0.717, 1.165) is 17.0 Å². The third-order valence-corrected chi connectivity index (χ3v) is 5.90. The minimum absolute atomic E-state index is 0.00385. The molecule has 36 heavy (non-hydrogen) atoms. The Morgan fingerprint density at radius 3 is 2.44 bits per heavy atom. The van der Waals surface area contributed by atoms with Crippen molar-refractivity contribution in [1.29, 1.82) is 0 Å². The summed E-state index contributed by atoms with van der Waals surface area (Å²) in [5.41, 5.74) is 1.68. The van der Waals surface area contributed by atoms with Crippen LogP contribution in [0.3, 0.4) is 0 Å². The second-order valence-corrected chi connectivity index (χ2v) is 8.34. The molecular formula is C27H36N2O7. The van der Waals surface area contributed by atoms with E-state index in [0.29, 0.717) is 49.9 Å². The highest BCUT2D eigenvalue weighted by molar-refractivity contribution is 5.79. The van der Waals surface area contributed by atoms with Crippen molar-refractivity contribution in [2.24, 2.45) is 0 Å². The highest BCUT2D eigenvalue weighted by Gasteiger charge is 2.28. The van der Waals surface area contributed by atoms with Crippen LogP contribution in [-0.2, 0) is 16.1 Å². The van der Waals surface area contributed by atoms with Crippen LogP contribution in [0.15, 0.2) is 49.1 Å². The topological polar surface area (TPSA) is 89.9 Å². The van der Waals surface area contributed by atoms with E-state index in [9.17, 15) is 9.90 Å². The van der Waals surface area contributed by atoms with Crippen LogP contribution in [-0.4, -0.2) is 82.8 Å². The van der Waals surface area contributed by atoms with Crippen LogP contribution in [0.4, 0.5) is 5.69 Å². The maximum absolute atomic E-state index is 13.0. The van der Waals surface area contributed by atoms with E-state index in [4.69, 9.17) is 23.7 Å². The van der Waals surface area contributed by atoms with Crippen LogP contribution >= 0.6 is 0 Å². The quantitative estimate of drug-likeness (QED) is 0.420. The fourth-order valence-corrected chi connectivity index (χ4v) is 4.06. The van der Waals surface area contributed by atoms with Gasteiger partial charge in [-0.1, -0.05) is 12.7 Å². The number of anilines is 1. The fourth-order valence-electron chi connectivity index (χ4n) is 4.06. The number of rotatable bonds is 13. The van der Waals surface area contributed by atoms with E-state index in [1.165, 1.54) is 0 Å². The number of carbonyl (C=O) groups excluding carboxylic acids is 1. The second kappa shape index (κ2) is 13.6. The normalized spacial score (nSPS) is 14.4. The van der Waals surface area contributed by atoms with Crippen LogP contribution in [0, 0.1) is 0 Å². The Morgan fingerprint density at radius 1 is 1.03 bits per heavy atom. The number of ether oxygens (including phenoxy) is 5. The molecule has 1 unspecified atom stereocenters. The number of hydrogen-bond acceptors (Lipinski definition) is 8. The molecule has 0 saturated heterocycles. The molecule has 9 heteroatoms. The Bertz CT molecular complexity index is 996. The van der Waals surface area contributed by atoms with Crippen molar-refractivity contribution in [2.45, 2.75) is 19.1 Å². The first-order chi connectivity index (χ1) is 17.5. The van der Waals surface area contributed by atoms with E-state index >= 15 is 0 Å². The van der Waals surface area contributed by atoms with E-state index in [-0.39, 0.29) is 25.7 Å². The number of fused-ring (bicyclic) bond motifs is 1. The molecule has 1 amide bonds. The molecule has 3 rings (SSSR count). The van der Waals surface area contributed by atoms with Gasteiger partial charge < -0.3 is 38.6 Å². The zero-order valence-electron chi connectivity index (χ0n) is 21.3. The first-order valence-electron chi connectivity index (χ1n) is 11.9. The standard InChI is InChI=1S/C27H36N2O7/c1-5-15-35-27-23-18-29(14-16-32-2)26(31)12-13-28(24(23)10-11-25(27)34-4)17-20(30)19-36-22-8-6-21(33-3)7-9-22/h5-11,20,30H,1,12-19H2,2-4H3. The van der Waals surface area contributed by atoms with Crippen molar-refractivity contribution in [3.63, 3.8) is 0 Å². The SMILES string of the molecule is C=CCOc1c(OC)ccc2c1CN(CCOC)C(=O)CCN2CC(O)COc1ccc(OC)cc1. The molecule has 1 aliphatic heterocycles. The van der Waals surface area contributed by atoms with E-state index < -0.39 is 6.10 Å². The van der Waals surface area contributed by atoms with Gasteiger partial charge in [0, 0.05) is 44.4 Å². The summed E-state index contributed by atoms with van der Waals surface area (Å²) in [5.74, 6) is 2.50. The van der Waals surface area contributed by atoms with Gasteiger partial charge in [-0.3, -0.25) is 4.79 Å². The molecule has 0 spiro atoms. The zero-order valence-corrected chi connectivity index (χ0v) is 21.3. The van der Waals surface area contributed by atoms with Crippen LogP contribution < -0.4 is 23.8 Å². The van der Waals surface area contributed by atoms with Gasteiger partial charge >= 0.3 is 0 Å². The summed E-state index contributed by atoms with van der Waals surface area (Å²) in [6.07, 6.45) is 1.18. The lowest BCUT2D eigenvalue weighted by molar-refractivity contribution is -0.132. The van der Waals surface area contributed by atoms with E-state index in [1.807, 2.05) is 17.0 Å². The van der Waals surface area contributed by atoms with E-state index in [2.05, 4.69) is 6.58 Å². The summed E-state index contributed by atoms with van der Waals surface area (Å²) in [6, 6.07) is 11.0. The van der Waals surface area contributed by atoms with Crippen LogP contribution in [0.5, 0.6) is 23.0 Å². The lowest BCUT2D eigenvalue weighted by atomic mass is 10.1. The maximum Gasteiger partial charge on any atom is 0.224 e. The molecule has 9 nitrogen and oxygen atoms in total. The third-order valence-electron chi connectivity index (χ3n) is 5.90. The summed E-state index contributed by atoms with van der Waals surface area (Å²) in [6.45, 7) is 6.07. The number of methoxy groups -OCH3 is 3. The Labute approximate surface area is 212 Å². The molecule has 1 N–H and O–H groups in total. The molecule has 1 atom stereocenters. The van der Waals surface area contributed by atoms with Gasteiger partial charge in [-0.05, 0) is 36.4 Å². The van der Waals surface area contributed by atoms with Gasteiger partial charge in [-0.2, -0.15) is 0 Å². The number of aliphatic hydroxyl groups excluding tert-OH is 1. The van der Waals surface area contributed by atoms with Gasteiger partial charge in [0.1, 0.15) is 30.8 Å². The lowest BCUT2D eigenvalue weighted by Crippen LogP contribution is -2.42. The molecule has 0 saturated carbocycles. The molecule has 0 fully saturated rings. The molecule has 2 aromatic rings. The number of aliphatic hydroxyl groups is 1. The second-order valence-electron chi connectivity index (χ2n) is 8.34. The predicted molar refractivity (Wildman–Crippen MR) is 137 cm³/mol. The third kappa shape index (κ3) is 7.05. The van der Waals surface area contributed by atoms with Gasteiger partial charge in [0.2, 0.25) is 5.91 Å². The monoisotopic (exact) mass is 500 g/mol. The summed E-state index contributed by atoms with van der Waals surface area (Å²) in [7, 11) is 4.80. The fraction of sp³-hybridized carbons (Fsp3) is 0.444. The largest absolute Gasteiger partial charge is 0.497 e. The van der Waals surface area contributed by atoms with Crippen molar-refractivity contribution in [1.82, 2.24) is 4.90 Å². The first kappa shape index (κ1) is 27.2. The molecular weight excluding hydrogens is 464 g/mol. The summed E-state index contributed by atoms with van der Waals surface area (Å²) in [4.78, 5) is 16.8. The summed E-state index contributed by atoms with van der Waals surface area (Å²) in [5, 5.41) is 10.8. The number of nitrogens with zero attached hydrogens (tertiary/aromatic N) is 2. The Kier molecular flexibility index (Phi) is 10.3. The summed E-state index contributed by atoms with van der Waals surface area (Å²) >= 11 is 0. The predicted octanol–water partition coefficient (Wildman–Crippen LogP) is 2.89. The van der Waals surface area contributed by atoms with Gasteiger partial charge in [0.15, 0.2) is 11.5 Å². The molecule has 2 aromatic carbocycles. The molecule has 0 bridgehead atoms. The highest BCUT2D eigenvalue weighted by Crippen LogP contribution is 2.40. The molecule has 1 heterocycles. The van der Waals surface area contributed by atoms with Crippen molar-refractivity contribution < 1.29 is 33.6 Å². The van der Waals surface area contributed by atoms with Gasteiger partial charge in [-0.25, -0.2) is 0 Å². The molecule has 196 valence electrons. The van der Waals surface area contributed by atoms with Crippen molar-refractivity contribution in [2.75, 3.05) is 65.7 Å². The lowest BCUT2D eigenvalue weighted by Gasteiger charge is -2.35. The van der Waals surface area contributed by atoms with Gasteiger partial charge in [0.25, 0.3) is 0 Å². The Hall–Kier alpha value is -3.43. The molecule has 0 radical (unpaired) electrons. The minimum Gasteiger partial charge on any atom is -0.497 e. The zero-order chi connectivity index (χ0) is 25.9. The van der Waals surface area contributed by atoms with Crippen molar-refractivity contribution in [3.05, 3.63) is 54.6 Å². The van der Waals surface area contributed by atoms with Gasteiger partial charge in [-0.15, -0.1) is 0 Å². The molecule has 0 aromatic heterocycles. The first-order valence-corrected chi connectivity index (χ1v) is 11.9. The molecule has 0 aliphatic carbocycles. The van der Waals surface area contributed by atoms with Crippen LogP contribution in [0.25, 0.3) is 0 Å². The van der Waals surface area contributed by atoms with Crippen LogP contribution in [0.1, 0.15) is 12.0 Å². The molecule has 1 aliphatic rings. The number of benzene rings is 2. The smallest absolute Gasteiger partial charge is 0.224 e. The number of carbonyl (C=O) groups is 1. The average Bonchev–Trinajstić information content (AvgIpc) is 2.90. The number of hydrogen-bond donors (Lipinski definition) is 1. The average molecular weight is 501 g/mol. The number of β-amino-alcohol motifs (C(OH)–C–C–N with tert-alkyl or cyclic N) is 1. The number of amides is 1. The van der Waals surface area contributed by atoms with Crippen molar-refractivity contribution in [3.8, 4) is 23.0 Å².